The number of nitrogens with zero attached hydrogens (tertiary/aromatic N) is 1. The molecule has 3 aromatic rings. The summed E-state index contributed by atoms with van der Waals surface area (Å²) < 4.78 is 5.57. The minimum Gasteiger partial charge on any atom is -0.483 e. The minimum atomic E-state index is -0.921. The van der Waals surface area contributed by atoms with Crippen molar-refractivity contribution in [1.29, 1.82) is 0 Å². The Morgan fingerprint density at radius 2 is 1.61 bits per heavy atom. The number of halogens is 1. The third-order valence-corrected chi connectivity index (χ3v) is 4.63. The highest BCUT2D eigenvalue weighted by Crippen LogP contribution is 2.17. The molecule has 0 heterocycles. The van der Waals surface area contributed by atoms with Crippen molar-refractivity contribution in [2.45, 2.75) is 6.92 Å². The second kappa shape index (κ2) is 11.4. The first-order valence-electron chi connectivity index (χ1n) is 9.89. The largest absolute Gasteiger partial charge is 0.483 e. The molecule has 0 spiro atoms. The average molecular weight is 465 g/mol. The van der Waals surface area contributed by atoms with Gasteiger partial charge in [-0.15, -0.1) is 0 Å². The summed E-state index contributed by atoms with van der Waals surface area (Å²) in [7, 11) is 0. The molecule has 0 atom stereocenters. The van der Waals surface area contributed by atoms with Gasteiger partial charge in [0.05, 0.1) is 6.21 Å². The maximum absolute atomic E-state index is 12.1. The molecule has 0 bridgehead atoms. The third-order valence-electron chi connectivity index (χ3n) is 4.37. The number of hydrogen-bond acceptors (Lipinski definition) is 5. The van der Waals surface area contributed by atoms with Gasteiger partial charge in [0.15, 0.2) is 6.61 Å². The highest BCUT2D eigenvalue weighted by Gasteiger charge is 2.14. The second-order valence-corrected chi connectivity index (χ2v) is 7.29. The molecule has 0 saturated carbocycles. The zero-order chi connectivity index (χ0) is 23.6. The maximum Gasteiger partial charge on any atom is 0.329 e. The normalized spacial score (nSPS) is 10.5. The Balaban J connectivity index is 1.53. The van der Waals surface area contributed by atoms with Crippen LogP contribution in [0.25, 0.3) is 0 Å². The Morgan fingerprint density at radius 3 is 2.36 bits per heavy atom. The van der Waals surface area contributed by atoms with E-state index >= 15 is 0 Å². The van der Waals surface area contributed by atoms with E-state index in [0.717, 1.165) is 5.56 Å². The molecule has 3 N–H and O–H groups in total. The van der Waals surface area contributed by atoms with Crippen molar-refractivity contribution in [3.05, 3.63) is 88.9 Å². The molecule has 0 aliphatic heterocycles. The van der Waals surface area contributed by atoms with Gasteiger partial charge in [-0.2, -0.15) is 5.10 Å². The number of hydrogen-bond donors (Lipinski definition) is 3. The van der Waals surface area contributed by atoms with Crippen LogP contribution in [0.2, 0.25) is 5.02 Å². The molecule has 0 saturated heterocycles. The highest BCUT2D eigenvalue weighted by atomic mass is 35.5. The standard InChI is InChI=1S/C24H21ClN4O4/c1-16-6-2-4-8-20(16)28-23(31)24(32)29-26-14-17-7-3-5-9-21(17)33-15-22(30)27-19-12-10-18(25)11-13-19/h2-14H,15H2,1H3,(H,27,30)(H,28,31)(H,29,32)/b26-14-. The van der Waals surface area contributed by atoms with Crippen molar-refractivity contribution in [3.63, 3.8) is 0 Å². The fourth-order valence-corrected chi connectivity index (χ4v) is 2.82. The van der Waals surface area contributed by atoms with Crippen molar-refractivity contribution in [2.75, 3.05) is 17.2 Å². The quantitative estimate of drug-likeness (QED) is 0.281. The molecule has 168 valence electrons. The summed E-state index contributed by atoms with van der Waals surface area (Å²) in [6.07, 6.45) is 1.32. The Kier molecular flexibility index (Phi) is 8.15. The predicted molar refractivity (Wildman–Crippen MR) is 128 cm³/mol. The minimum absolute atomic E-state index is 0.237. The lowest BCUT2D eigenvalue weighted by atomic mass is 10.2. The molecule has 0 unspecified atom stereocenters. The van der Waals surface area contributed by atoms with E-state index in [1.54, 1.807) is 60.7 Å². The van der Waals surface area contributed by atoms with E-state index in [0.29, 0.717) is 27.7 Å². The van der Waals surface area contributed by atoms with Crippen LogP contribution in [-0.4, -0.2) is 30.5 Å². The summed E-state index contributed by atoms with van der Waals surface area (Å²) in [4.78, 5) is 36.2. The van der Waals surface area contributed by atoms with E-state index in [1.165, 1.54) is 6.21 Å². The van der Waals surface area contributed by atoms with Crippen molar-refractivity contribution >= 4 is 46.9 Å². The Morgan fingerprint density at radius 1 is 0.909 bits per heavy atom. The average Bonchev–Trinajstić information content (AvgIpc) is 2.81. The first-order chi connectivity index (χ1) is 15.9. The van der Waals surface area contributed by atoms with Gasteiger partial charge in [-0.3, -0.25) is 14.4 Å². The highest BCUT2D eigenvalue weighted by molar-refractivity contribution is 6.39. The van der Waals surface area contributed by atoms with Crippen molar-refractivity contribution in [1.82, 2.24) is 5.43 Å². The van der Waals surface area contributed by atoms with Gasteiger partial charge in [0.25, 0.3) is 5.91 Å². The van der Waals surface area contributed by atoms with E-state index < -0.39 is 11.8 Å². The third kappa shape index (κ3) is 7.19. The SMILES string of the molecule is Cc1ccccc1NC(=O)C(=O)N/N=C\c1ccccc1OCC(=O)Nc1ccc(Cl)cc1. The van der Waals surface area contributed by atoms with Gasteiger partial charge in [0.2, 0.25) is 0 Å². The van der Waals surface area contributed by atoms with Crippen LogP contribution in [0.4, 0.5) is 11.4 Å². The fraction of sp³-hybridized carbons (Fsp3) is 0.0833. The van der Waals surface area contributed by atoms with Gasteiger partial charge in [-0.25, -0.2) is 5.43 Å². The van der Waals surface area contributed by atoms with Gasteiger partial charge >= 0.3 is 11.8 Å². The lowest BCUT2D eigenvalue weighted by molar-refractivity contribution is -0.136. The molecule has 3 amide bonds. The van der Waals surface area contributed by atoms with Crippen LogP contribution < -0.4 is 20.8 Å². The van der Waals surface area contributed by atoms with E-state index in [9.17, 15) is 14.4 Å². The molecule has 0 aromatic heterocycles. The summed E-state index contributed by atoms with van der Waals surface area (Å²) in [5, 5.41) is 9.60. The predicted octanol–water partition coefficient (Wildman–Crippen LogP) is 3.75. The summed E-state index contributed by atoms with van der Waals surface area (Å²) in [5.74, 6) is -1.74. The number of rotatable bonds is 7. The molecule has 0 aliphatic rings. The maximum atomic E-state index is 12.1. The number of benzene rings is 3. The van der Waals surface area contributed by atoms with Crippen molar-refractivity contribution in [2.24, 2.45) is 5.10 Å². The Hall–Kier alpha value is -4.17. The zero-order valence-corrected chi connectivity index (χ0v) is 18.4. The first-order valence-corrected chi connectivity index (χ1v) is 10.3. The van der Waals surface area contributed by atoms with Crippen LogP contribution in [-0.2, 0) is 14.4 Å². The Bertz CT molecular complexity index is 1180. The van der Waals surface area contributed by atoms with Crippen LogP contribution >= 0.6 is 11.6 Å². The van der Waals surface area contributed by atoms with Gasteiger partial charge < -0.3 is 15.4 Å². The molecule has 9 heteroatoms. The molecule has 0 fully saturated rings. The molecule has 33 heavy (non-hydrogen) atoms. The number of ether oxygens (including phenoxy) is 1. The molecular formula is C24H21ClN4O4. The van der Waals surface area contributed by atoms with Gasteiger partial charge in [-0.1, -0.05) is 41.9 Å². The first kappa shape index (κ1) is 23.5. The van der Waals surface area contributed by atoms with Crippen LogP contribution in [0.3, 0.4) is 0 Å². The number of carbonyl (C=O) groups excluding carboxylic acids is 3. The van der Waals surface area contributed by atoms with E-state index in [-0.39, 0.29) is 12.5 Å². The van der Waals surface area contributed by atoms with Gasteiger partial charge in [-0.05, 0) is 55.0 Å². The van der Waals surface area contributed by atoms with Crippen LogP contribution in [0.15, 0.2) is 77.9 Å². The molecule has 3 aromatic carbocycles. The molecule has 3 rings (SSSR count). The fourth-order valence-electron chi connectivity index (χ4n) is 2.70. The molecular weight excluding hydrogens is 444 g/mol. The van der Waals surface area contributed by atoms with Crippen LogP contribution in [0, 0.1) is 6.92 Å². The van der Waals surface area contributed by atoms with Crippen molar-refractivity contribution in [3.8, 4) is 5.75 Å². The van der Waals surface area contributed by atoms with Crippen LogP contribution in [0.1, 0.15) is 11.1 Å². The zero-order valence-electron chi connectivity index (χ0n) is 17.7. The summed E-state index contributed by atoms with van der Waals surface area (Å²) in [6, 6.07) is 20.6. The lowest BCUT2D eigenvalue weighted by Gasteiger charge is -2.10. The number of carbonyl (C=O) groups is 3. The Labute approximate surface area is 195 Å². The summed E-state index contributed by atoms with van der Waals surface area (Å²) in [6.45, 7) is 1.58. The van der Waals surface area contributed by atoms with E-state index in [4.69, 9.17) is 16.3 Å². The summed E-state index contributed by atoms with van der Waals surface area (Å²) >= 11 is 5.83. The number of nitrogens with one attached hydrogen (secondary N) is 3. The van der Waals surface area contributed by atoms with Crippen LogP contribution in [0.5, 0.6) is 5.75 Å². The number of hydrazone groups is 1. The number of anilines is 2. The lowest BCUT2D eigenvalue weighted by Crippen LogP contribution is -2.32. The van der Waals surface area contributed by atoms with Crippen molar-refractivity contribution < 1.29 is 19.1 Å². The summed E-state index contributed by atoms with van der Waals surface area (Å²) in [5.41, 5.74) is 4.64. The number of amides is 3. The molecule has 0 aliphatic carbocycles. The van der Waals surface area contributed by atoms with E-state index in [2.05, 4.69) is 21.2 Å². The number of para-hydroxylation sites is 2. The second-order valence-electron chi connectivity index (χ2n) is 6.85. The smallest absolute Gasteiger partial charge is 0.329 e. The topological polar surface area (TPSA) is 109 Å². The van der Waals surface area contributed by atoms with Gasteiger partial charge in [0, 0.05) is 22.0 Å². The van der Waals surface area contributed by atoms with Gasteiger partial charge in [0.1, 0.15) is 5.75 Å². The van der Waals surface area contributed by atoms with E-state index in [1.807, 2.05) is 19.1 Å². The molecule has 8 nitrogen and oxygen atoms in total. The number of aryl methyl sites for hydroxylation is 1. The monoisotopic (exact) mass is 464 g/mol. The molecule has 0 radical (unpaired) electrons.